The van der Waals surface area contributed by atoms with Crippen LogP contribution < -0.4 is 5.32 Å². The Bertz CT molecular complexity index is 498. The molecule has 17 heavy (non-hydrogen) atoms. The predicted octanol–water partition coefficient (Wildman–Crippen LogP) is 1.72. The number of nitrogens with zero attached hydrogens (tertiary/aromatic N) is 3. The van der Waals surface area contributed by atoms with Crippen molar-refractivity contribution in [2.45, 2.75) is 12.8 Å². The van der Waals surface area contributed by atoms with Crippen LogP contribution in [0.5, 0.6) is 0 Å². The summed E-state index contributed by atoms with van der Waals surface area (Å²) in [5.74, 6) is 0.985. The second kappa shape index (κ2) is 5.66. The zero-order valence-electron chi connectivity index (χ0n) is 9.35. The Morgan fingerprint density at radius 2 is 2.35 bits per heavy atom. The van der Waals surface area contributed by atoms with E-state index in [0.717, 1.165) is 30.9 Å². The van der Waals surface area contributed by atoms with Crippen LogP contribution in [0.4, 0.5) is 5.69 Å². The van der Waals surface area contributed by atoms with E-state index in [1.807, 2.05) is 6.20 Å². The molecule has 0 atom stereocenters. The molecule has 0 aliphatic carbocycles. The summed E-state index contributed by atoms with van der Waals surface area (Å²) < 4.78 is 0. The summed E-state index contributed by atoms with van der Waals surface area (Å²) in [6.07, 6.45) is 8.70. The molecule has 0 radical (unpaired) electrons. The van der Waals surface area contributed by atoms with Crippen molar-refractivity contribution >= 4 is 5.69 Å². The highest BCUT2D eigenvalue weighted by molar-refractivity contribution is 5.55. The Labute approximate surface area is 99.5 Å². The maximum Gasteiger partial charge on any atom is 0.106 e. The van der Waals surface area contributed by atoms with E-state index < -0.39 is 0 Å². The quantitative estimate of drug-likeness (QED) is 0.762. The van der Waals surface area contributed by atoms with Gasteiger partial charge in [-0.3, -0.25) is 4.98 Å². The van der Waals surface area contributed by atoms with E-state index in [-0.39, 0.29) is 0 Å². The van der Waals surface area contributed by atoms with Crippen molar-refractivity contribution in [1.82, 2.24) is 15.0 Å². The van der Waals surface area contributed by atoms with Crippen molar-refractivity contribution in [3.05, 3.63) is 42.2 Å². The van der Waals surface area contributed by atoms with Crippen LogP contribution >= 0.6 is 0 Å². The molecule has 0 aliphatic rings. The van der Waals surface area contributed by atoms with Crippen molar-refractivity contribution in [1.29, 1.82) is 5.26 Å². The summed E-state index contributed by atoms with van der Waals surface area (Å²) in [5.41, 5.74) is 1.41. The Morgan fingerprint density at radius 3 is 3.12 bits per heavy atom. The Hall–Kier alpha value is -2.35. The first-order valence-electron chi connectivity index (χ1n) is 5.46. The van der Waals surface area contributed by atoms with Crippen molar-refractivity contribution < 1.29 is 0 Å². The van der Waals surface area contributed by atoms with Gasteiger partial charge in [0.1, 0.15) is 11.9 Å². The lowest BCUT2D eigenvalue weighted by atomic mass is 10.2. The largest absolute Gasteiger partial charge is 0.383 e. The van der Waals surface area contributed by atoms with Gasteiger partial charge in [-0.15, -0.1) is 0 Å². The van der Waals surface area contributed by atoms with Crippen LogP contribution in [0.3, 0.4) is 0 Å². The number of nitrogens with one attached hydrogen (secondary N) is 2. The highest BCUT2D eigenvalue weighted by atomic mass is 14.9. The average Bonchev–Trinajstić information content (AvgIpc) is 2.88. The molecular weight excluding hydrogens is 214 g/mol. The third kappa shape index (κ3) is 3.05. The topological polar surface area (TPSA) is 77.4 Å². The van der Waals surface area contributed by atoms with Crippen LogP contribution in [0.1, 0.15) is 17.8 Å². The van der Waals surface area contributed by atoms with Crippen LogP contribution in [0.2, 0.25) is 0 Å². The summed E-state index contributed by atoms with van der Waals surface area (Å²) in [6, 6.07) is 3.83. The summed E-state index contributed by atoms with van der Waals surface area (Å²) in [6.45, 7) is 0.793. The number of hydrogen-bond acceptors (Lipinski definition) is 4. The van der Waals surface area contributed by atoms with Gasteiger partial charge in [-0.05, 0) is 12.5 Å². The number of rotatable bonds is 5. The Morgan fingerprint density at radius 1 is 1.41 bits per heavy atom. The average molecular weight is 227 g/mol. The molecule has 0 spiro atoms. The molecule has 0 unspecified atom stereocenters. The van der Waals surface area contributed by atoms with Crippen LogP contribution in [-0.4, -0.2) is 21.5 Å². The van der Waals surface area contributed by atoms with Gasteiger partial charge in [-0.1, -0.05) is 0 Å². The van der Waals surface area contributed by atoms with E-state index in [1.54, 1.807) is 24.7 Å². The van der Waals surface area contributed by atoms with Crippen molar-refractivity contribution in [2.24, 2.45) is 0 Å². The molecule has 2 aromatic rings. The normalized spacial score (nSPS) is 9.82. The second-order valence-corrected chi connectivity index (χ2v) is 3.60. The smallest absolute Gasteiger partial charge is 0.106 e. The number of H-pyrrole nitrogens is 1. The lowest BCUT2D eigenvalue weighted by Gasteiger charge is -2.06. The summed E-state index contributed by atoms with van der Waals surface area (Å²) >= 11 is 0. The second-order valence-electron chi connectivity index (χ2n) is 3.60. The number of aromatic nitrogens is 3. The number of pyridine rings is 1. The zero-order valence-corrected chi connectivity index (χ0v) is 9.35. The fourth-order valence-electron chi connectivity index (χ4n) is 1.55. The van der Waals surface area contributed by atoms with Crippen molar-refractivity contribution in [3.63, 3.8) is 0 Å². The van der Waals surface area contributed by atoms with Crippen LogP contribution in [-0.2, 0) is 6.42 Å². The van der Waals surface area contributed by atoms with Gasteiger partial charge >= 0.3 is 0 Å². The van der Waals surface area contributed by atoms with Gasteiger partial charge in [0.25, 0.3) is 0 Å². The summed E-state index contributed by atoms with van der Waals surface area (Å²) in [7, 11) is 0. The molecule has 0 fully saturated rings. The molecule has 0 saturated carbocycles. The standard InChI is InChI=1S/C12H13N5/c13-8-10-3-5-14-9-11(10)15-4-1-2-12-16-6-7-17-12/h3,5-7,9,15H,1-2,4H2,(H,16,17). The zero-order chi connectivity index (χ0) is 11.9. The Balaban J connectivity index is 1.80. The lowest BCUT2D eigenvalue weighted by Crippen LogP contribution is -2.05. The number of hydrogen-bond donors (Lipinski definition) is 2. The van der Waals surface area contributed by atoms with Crippen LogP contribution in [0.15, 0.2) is 30.9 Å². The van der Waals surface area contributed by atoms with Gasteiger partial charge in [-0.2, -0.15) is 5.26 Å². The summed E-state index contributed by atoms with van der Waals surface area (Å²) in [5, 5.41) is 12.1. The number of nitriles is 1. The maximum absolute atomic E-state index is 8.89. The van der Waals surface area contributed by atoms with E-state index >= 15 is 0 Å². The van der Waals surface area contributed by atoms with Gasteiger partial charge in [0, 0.05) is 31.6 Å². The molecule has 2 rings (SSSR count). The van der Waals surface area contributed by atoms with E-state index in [0.29, 0.717) is 5.56 Å². The highest BCUT2D eigenvalue weighted by Gasteiger charge is 2.00. The number of imidazole rings is 1. The highest BCUT2D eigenvalue weighted by Crippen LogP contribution is 2.11. The molecule has 2 heterocycles. The fourth-order valence-corrected chi connectivity index (χ4v) is 1.55. The molecule has 0 saturated heterocycles. The molecular formula is C12H13N5. The number of aromatic amines is 1. The monoisotopic (exact) mass is 227 g/mol. The van der Waals surface area contributed by atoms with Gasteiger partial charge in [0.15, 0.2) is 0 Å². The van der Waals surface area contributed by atoms with Crippen LogP contribution in [0, 0.1) is 11.3 Å². The molecule has 0 amide bonds. The molecule has 5 heteroatoms. The van der Waals surface area contributed by atoms with Crippen LogP contribution in [0.25, 0.3) is 0 Å². The first-order chi connectivity index (χ1) is 8.40. The maximum atomic E-state index is 8.89. The minimum atomic E-state index is 0.623. The van der Waals surface area contributed by atoms with E-state index in [1.165, 1.54) is 0 Å². The van der Waals surface area contributed by atoms with E-state index in [9.17, 15) is 0 Å². The van der Waals surface area contributed by atoms with Gasteiger partial charge in [0.05, 0.1) is 17.4 Å². The first-order valence-corrected chi connectivity index (χ1v) is 5.46. The van der Waals surface area contributed by atoms with Gasteiger partial charge < -0.3 is 10.3 Å². The molecule has 0 bridgehead atoms. The molecule has 0 aromatic carbocycles. The van der Waals surface area contributed by atoms with Gasteiger partial charge in [0.2, 0.25) is 0 Å². The minimum Gasteiger partial charge on any atom is -0.383 e. The third-order valence-electron chi connectivity index (χ3n) is 2.40. The summed E-state index contributed by atoms with van der Waals surface area (Å²) in [4.78, 5) is 11.2. The number of anilines is 1. The first kappa shape index (κ1) is 11.1. The SMILES string of the molecule is N#Cc1ccncc1NCCCc1ncc[nH]1. The lowest BCUT2D eigenvalue weighted by molar-refractivity contribution is 0.816. The third-order valence-corrected chi connectivity index (χ3v) is 2.40. The Kier molecular flexibility index (Phi) is 3.71. The molecule has 2 N–H and O–H groups in total. The van der Waals surface area contributed by atoms with Gasteiger partial charge in [-0.25, -0.2) is 4.98 Å². The van der Waals surface area contributed by atoms with Crippen molar-refractivity contribution in [2.75, 3.05) is 11.9 Å². The molecule has 86 valence electrons. The van der Waals surface area contributed by atoms with E-state index in [2.05, 4.69) is 26.3 Å². The predicted molar refractivity (Wildman–Crippen MR) is 64.4 cm³/mol. The molecule has 0 aliphatic heterocycles. The van der Waals surface area contributed by atoms with Crippen molar-refractivity contribution in [3.8, 4) is 6.07 Å². The minimum absolute atomic E-state index is 0.623. The number of aryl methyl sites for hydroxylation is 1. The fraction of sp³-hybridized carbons (Fsp3) is 0.250. The molecule has 2 aromatic heterocycles. The molecule has 5 nitrogen and oxygen atoms in total. The van der Waals surface area contributed by atoms with E-state index in [4.69, 9.17) is 5.26 Å².